The molecule has 23 heavy (non-hydrogen) atoms. The summed E-state index contributed by atoms with van der Waals surface area (Å²) in [6.07, 6.45) is 2.72. The van der Waals surface area contributed by atoms with Crippen LogP contribution in [0.2, 0.25) is 0 Å². The highest BCUT2D eigenvalue weighted by molar-refractivity contribution is 7.16. The van der Waals surface area contributed by atoms with Crippen LogP contribution in [0, 0.1) is 6.92 Å². The Morgan fingerprint density at radius 2 is 2.09 bits per heavy atom. The molecular weight excluding hydrogens is 306 g/mol. The van der Waals surface area contributed by atoms with Crippen LogP contribution < -0.4 is 10.6 Å². The van der Waals surface area contributed by atoms with E-state index in [0.717, 1.165) is 37.5 Å². The Morgan fingerprint density at radius 3 is 2.74 bits per heavy atom. The number of fused-ring (bicyclic) bond motifs is 1. The maximum absolute atomic E-state index is 12.2. The van der Waals surface area contributed by atoms with Gasteiger partial charge in [-0.2, -0.15) is 0 Å². The smallest absolute Gasteiger partial charge is 0.226 e. The quantitative estimate of drug-likeness (QED) is 0.800. The zero-order valence-corrected chi connectivity index (χ0v) is 16.0. The van der Waals surface area contributed by atoms with Gasteiger partial charge < -0.3 is 10.6 Å². The van der Waals surface area contributed by atoms with Crippen molar-refractivity contribution in [2.45, 2.75) is 72.5 Å². The van der Waals surface area contributed by atoms with E-state index < -0.39 is 0 Å². The number of amides is 1. The summed E-state index contributed by atoms with van der Waals surface area (Å²) in [7, 11) is 0. The number of nitrogens with zero attached hydrogens (tertiary/aromatic N) is 1. The number of nitrogens with one attached hydrogen (secondary N) is 2. The fourth-order valence-corrected chi connectivity index (χ4v) is 4.20. The second-order valence-electron chi connectivity index (χ2n) is 6.83. The molecule has 0 bridgehead atoms. The van der Waals surface area contributed by atoms with Gasteiger partial charge in [-0.1, -0.05) is 6.92 Å². The van der Waals surface area contributed by atoms with E-state index in [1.54, 1.807) is 11.3 Å². The van der Waals surface area contributed by atoms with Crippen LogP contribution in [-0.4, -0.2) is 36.0 Å². The van der Waals surface area contributed by atoms with E-state index in [1.165, 1.54) is 16.0 Å². The molecular formula is C18H31N3OS. The second-order valence-corrected chi connectivity index (χ2v) is 7.94. The van der Waals surface area contributed by atoms with Crippen LogP contribution in [0.3, 0.4) is 0 Å². The predicted octanol–water partition coefficient (Wildman–Crippen LogP) is 3.54. The number of carbonyl (C=O) groups is 1. The molecule has 2 heterocycles. The lowest BCUT2D eigenvalue weighted by atomic mass is 10.0. The van der Waals surface area contributed by atoms with Crippen LogP contribution in [0.4, 0.5) is 5.00 Å². The van der Waals surface area contributed by atoms with Crippen LogP contribution in [0.1, 0.15) is 56.5 Å². The first kappa shape index (κ1) is 18.4. The molecule has 0 saturated carbocycles. The summed E-state index contributed by atoms with van der Waals surface area (Å²) < 4.78 is 0. The number of anilines is 1. The molecule has 4 nitrogen and oxygen atoms in total. The Hall–Kier alpha value is -0.910. The van der Waals surface area contributed by atoms with Gasteiger partial charge >= 0.3 is 0 Å². The summed E-state index contributed by atoms with van der Waals surface area (Å²) in [6.45, 7) is 13.8. The number of hydrogen-bond acceptors (Lipinski definition) is 4. The number of carbonyl (C=O) groups excluding carboxylic acids is 1. The molecule has 0 aliphatic carbocycles. The third kappa shape index (κ3) is 4.78. The van der Waals surface area contributed by atoms with Crippen molar-refractivity contribution in [2.75, 3.05) is 18.4 Å². The van der Waals surface area contributed by atoms with Crippen molar-refractivity contribution in [3.05, 3.63) is 16.0 Å². The summed E-state index contributed by atoms with van der Waals surface area (Å²) in [5, 5.41) is 7.54. The molecule has 0 spiro atoms. The highest BCUT2D eigenvalue weighted by Crippen LogP contribution is 2.36. The van der Waals surface area contributed by atoms with Gasteiger partial charge in [0.05, 0.1) is 5.00 Å². The summed E-state index contributed by atoms with van der Waals surface area (Å²) >= 11 is 1.76. The van der Waals surface area contributed by atoms with Crippen LogP contribution in [0.15, 0.2) is 0 Å². The third-order valence-corrected chi connectivity index (χ3v) is 6.03. The van der Waals surface area contributed by atoms with Crippen molar-refractivity contribution < 1.29 is 4.79 Å². The lowest BCUT2D eigenvalue weighted by Gasteiger charge is -2.30. The van der Waals surface area contributed by atoms with E-state index in [4.69, 9.17) is 0 Å². The number of rotatable bonds is 7. The minimum absolute atomic E-state index is 0.114. The second kappa shape index (κ2) is 8.27. The molecule has 1 aromatic heterocycles. The van der Waals surface area contributed by atoms with Crippen LogP contribution >= 0.6 is 11.3 Å². The van der Waals surface area contributed by atoms with Crippen LogP contribution in [0.5, 0.6) is 0 Å². The average Bonchev–Trinajstić information content (AvgIpc) is 2.82. The first-order valence-electron chi connectivity index (χ1n) is 8.80. The van der Waals surface area contributed by atoms with Gasteiger partial charge in [-0.15, -0.1) is 11.3 Å². The molecule has 1 amide bonds. The van der Waals surface area contributed by atoms with Crippen molar-refractivity contribution in [3.8, 4) is 0 Å². The van der Waals surface area contributed by atoms with E-state index in [9.17, 15) is 4.79 Å². The highest BCUT2D eigenvalue weighted by atomic mass is 32.1. The molecule has 1 aliphatic rings. The molecule has 1 aromatic rings. The lowest BCUT2D eigenvalue weighted by molar-refractivity contribution is -0.116. The Balaban J connectivity index is 1.93. The third-order valence-electron chi connectivity index (χ3n) is 4.79. The Morgan fingerprint density at radius 1 is 1.35 bits per heavy atom. The molecule has 1 atom stereocenters. The SMILES string of the molecule is CCC(C)NCCC(=O)Nc1sc2c(c1C)CCN(C(C)C)C2. The molecule has 0 saturated heterocycles. The van der Waals surface area contributed by atoms with E-state index in [1.807, 2.05) is 0 Å². The lowest BCUT2D eigenvalue weighted by Crippen LogP contribution is -2.35. The normalized spacial score (nSPS) is 16.4. The summed E-state index contributed by atoms with van der Waals surface area (Å²) in [6, 6.07) is 1.05. The Kier molecular flexibility index (Phi) is 6.62. The van der Waals surface area contributed by atoms with Gasteiger partial charge in [-0.25, -0.2) is 0 Å². The van der Waals surface area contributed by atoms with Gasteiger partial charge in [0.25, 0.3) is 0 Å². The minimum atomic E-state index is 0.114. The van der Waals surface area contributed by atoms with Crippen molar-refractivity contribution in [2.24, 2.45) is 0 Å². The molecule has 130 valence electrons. The highest BCUT2D eigenvalue weighted by Gasteiger charge is 2.24. The van der Waals surface area contributed by atoms with Gasteiger partial charge in [-0.3, -0.25) is 9.69 Å². The van der Waals surface area contributed by atoms with Crippen molar-refractivity contribution in [3.63, 3.8) is 0 Å². The first-order valence-corrected chi connectivity index (χ1v) is 9.62. The van der Waals surface area contributed by atoms with Crippen LogP contribution in [-0.2, 0) is 17.8 Å². The summed E-state index contributed by atoms with van der Waals surface area (Å²) in [4.78, 5) is 16.1. The molecule has 0 aromatic carbocycles. The van der Waals surface area contributed by atoms with Gasteiger partial charge in [0.1, 0.15) is 0 Å². The van der Waals surface area contributed by atoms with Crippen LogP contribution in [0.25, 0.3) is 0 Å². The van der Waals surface area contributed by atoms with Gasteiger partial charge in [0.15, 0.2) is 0 Å². The summed E-state index contributed by atoms with van der Waals surface area (Å²) in [5.74, 6) is 0.114. The zero-order chi connectivity index (χ0) is 17.0. The zero-order valence-electron chi connectivity index (χ0n) is 15.2. The predicted molar refractivity (Wildman–Crippen MR) is 99.3 cm³/mol. The van der Waals surface area contributed by atoms with E-state index >= 15 is 0 Å². The van der Waals surface area contributed by atoms with E-state index in [0.29, 0.717) is 18.5 Å². The molecule has 0 radical (unpaired) electrons. The maximum Gasteiger partial charge on any atom is 0.226 e. The molecule has 5 heteroatoms. The largest absolute Gasteiger partial charge is 0.317 e. The first-order chi connectivity index (χ1) is 10.9. The van der Waals surface area contributed by atoms with E-state index in [-0.39, 0.29) is 5.91 Å². The van der Waals surface area contributed by atoms with Crippen molar-refractivity contribution in [1.82, 2.24) is 10.2 Å². The van der Waals surface area contributed by atoms with Crippen molar-refractivity contribution >= 4 is 22.2 Å². The molecule has 2 N–H and O–H groups in total. The molecule has 1 aliphatic heterocycles. The fourth-order valence-electron chi connectivity index (χ4n) is 2.91. The molecule has 2 rings (SSSR count). The Labute approximate surface area is 144 Å². The standard InChI is InChI=1S/C18H31N3OS/c1-6-13(4)19-9-7-17(22)20-18-14(5)15-8-10-21(12(2)3)11-16(15)23-18/h12-13,19H,6-11H2,1-5H3,(H,20,22). The number of thiophene rings is 1. The molecule has 0 fully saturated rings. The monoisotopic (exact) mass is 337 g/mol. The van der Waals surface area contributed by atoms with Gasteiger partial charge in [0.2, 0.25) is 5.91 Å². The molecule has 1 unspecified atom stereocenters. The summed E-state index contributed by atoms with van der Waals surface area (Å²) in [5.41, 5.74) is 2.73. The minimum Gasteiger partial charge on any atom is -0.317 e. The maximum atomic E-state index is 12.2. The Bertz CT molecular complexity index is 539. The number of hydrogen-bond donors (Lipinski definition) is 2. The van der Waals surface area contributed by atoms with Crippen molar-refractivity contribution in [1.29, 1.82) is 0 Å². The van der Waals surface area contributed by atoms with E-state index in [2.05, 4.69) is 50.2 Å². The van der Waals surface area contributed by atoms with Gasteiger partial charge in [-0.05, 0) is 51.7 Å². The fraction of sp³-hybridized carbons (Fsp3) is 0.722. The van der Waals surface area contributed by atoms with Gasteiger partial charge in [0, 0.05) is 43.0 Å². The average molecular weight is 338 g/mol. The topological polar surface area (TPSA) is 44.4 Å².